The maximum absolute atomic E-state index is 10.6. The van der Waals surface area contributed by atoms with Gasteiger partial charge in [0.15, 0.2) is 0 Å². The van der Waals surface area contributed by atoms with E-state index >= 15 is 0 Å². The molecule has 0 aliphatic carbocycles. The number of amides is 1. The average molecular weight is 187 g/mol. The minimum absolute atomic E-state index is 0.0724. The Morgan fingerprint density at radius 2 is 2.08 bits per heavy atom. The molecule has 1 atom stereocenters. The molecule has 0 rings (SSSR count). The highest BCUT2D eigenvalue weighted by atomic mass is 16.5. The molecule has 0 saturated carbocycles. The van der Waals surface area contributed by atoms with Gasteiger partial charge in [0.25, 0.3) is 0 Å². The lowest BCUT2D eigenvalue weighted by Gasteiger charge is -2.13. The van der Waals surface area contributed by atoms with E-state index in [1.165, 1.54) is 6.92 Å². The van der Waals surface area contributed by atoms with Gasteiger partial charge in [-0.1, -0.05) is 6.92 Å². The van der Waals surface area contributed by atoms with Gasteiger partial charge in [-0.15, -0.1) is 0 Å². The summed E-state index contributed by atoms with van der Waals surface area (Å²) in [5.41, 5.74) is 4.97. The van der Waals surface area contributed by atoms with Crippen molar-refractivity contribution in [3.8, 4) is 0 Å². The van der Waals surface area contributed by atoms with E-state index in [1.807, 2.05) is 6.92 Å². The lowest BCUT2D eigenvalue weighted by molar-refractivity contribution is -0.146. The maximum Gasteiger partial charge on any atom is 0.302 e. The minimum Gasteiger partial charge on any atom is -0.463 e. The molecule has 0 aliphatic rings. The Bertz CT molecular complexity index is 180. The Balaban J connectivity index is 3.59. The molecule has 4 heteroatoms. The van der Waals surface area contributed by atoms with Crippen LogP contribution in [0.4, 0.5) is 0 Å². The van der Waals surface area contributed by atoms with E-state index in [-0.39, 0.29) is 18.0 Å². The van der Waals surface area contributed by atoms with Crippen LogP contribution in [0.5, 0.6) is 0 Å². The first kappa shape index (κ1) is 11.9. The number of ether oxygens (including phenoxy) is 1. The molecule has 1 amide bonds. The third-order valence-corrected chi connectivity index (χ3v) is 1.74. The molecule has 4 nitrogen and oxygen atoms in total. The Hall–Kier alpha value is -1.06. The Morgan fingerprint density at radius 3 is 2.46 bits per heavy atom. The lowest BCUT2D eigenvalue weighted by Crippen LogP contribution is -2.17. The minimum atomic E-state index is -0.308. The van der Waals surface area contributed by atoms with Crippen LogP contribution in [-0.2, 0) is 14.3 Å². The third kappa shape index (κ3) is 7.31. The van der Waals surface area contributed by atoms with Gasteiger partial charge in [0, 0.05) is 13.3 Å². The van der Waals surface area contributed by atoms with Crippen LogP contribution in [0, 0.1) is 0 Å². The SMILES string of the molecule is CCC(CCCC(N)=O)OC(C)=O. The van der Waals surface area contributed by atoms with Crippen molar-refractivity contribution in [1.29, 1.82) is 0 Å². The maximum atomic E-state index is 10.6. The topological polar surface area (TPSA) is 69.4 Å². The number of carbonyl (C=O) groups is 2. The van der Waals surface area contributed by atoms with Crippen LogP contribution in [0.1, 0.15) is 39.5 Å². The highest BCUT2D eigenvalue weighted by Crippen LogP contribution is 2.08. The molecule has 0 heterocycles. The summed E-state index contributed by atoms with van der Waals surface area (Å²) in [6, 6.07) is 0. The van der Waals surface area contributed by atoms with Crippen molar-refractivity contribution < 1.29 is 14.3 Å². The summed E-state index contributed by atoms with van der Waals surface area (Å²) in [7, 11) is 0. The summed E-state index contributed by atoms with van der Waals surface area (Å²) < 4.78 is 4.99. The lowest BCUT2D eigenvalue weighted by atomic mass is 10.1. The Kier molecular flexibility index (Phi) is 5.93. The molecule has 0 saturated heterocycles. The molecule has 0 aliphatic heterocycles. The summed E-state index contributed by atoms with van der Waals surface area (Å²) in [5, 5.41) is 0. The van der Waals surface area contributed by atoms with E-state index < -0.39 is 0 Å². The van der Waals surface area contributed by atoms with E-state index in [0.717, 1.165) is 6.42 Å². The van der Waals surface area contributed by atoms with Crippen molar-refractivity contribution in [2.24, 2.45) is 5.73 Å². The first-order valence-electron chi connectivity index (χ1n) is 4.51. The Labute approximate surface area is 78.4 Å². The molecule has 0 aromatic rings. The number of primary amides is 1. The Morgan fingerprint density at radius 1 is 1.46 bits per heavy atom. The predicted octanol–water partition coefficient (Wildman–Crippen LogP) is 0.984. The van der Waals surface area contributed by atoms with Crippen molar-refractivity contribution in [3.05, 3.63) is 0 Å². The van der Waals surface area contributed by atoms with Gasteiger partial charge in [-0.2, -0.15) is 0 Å². The molecule has 0 bridgehead atoms. The second kappa shape index (κ2) is 6.46. The van der Waals surface area contributed by atoms with Gasteiger partial charge in [0.1, 0.15) is 6.10 Å². The summed E-state index contributed by atoms with van der Waals surface area (Å²) >= 11 is 0. The average Bonchev–Trinajstić information content (AvgIpc) is 2.01. The van der Waals surface area contributed by atoms with Gasteiger partial charge >= 0.3 is 5.97 Å². The molecule has 0 fully saturated rings. The van der Waals surface area contributed by atoms with Crippen molar-refractivity contribution in [3.63, 3.8) is 0 Å². The van der Waals surface area contributed by atoms with Crippen molar-refractivity contribution in [2.75, 3.05) is 0 Å². The van der Waals surface area contributed by atoms with Gasteiger partial charge in [-0.05, 0) is 19.3 Å². The number of hydrogen-bond acceptors (Lipinski definition) is 3. The zero-order valence-corrected chi connectivity index (χ0v) is 8.21. The molecule has 0 aromatic carbocycles. The first-order chi connectivity index (χ1) is 6.06. The van der Waals surface area contributed by atoms with E-state index in [4.69, 9.17) is 10.5 Å². The van der Waals surface area contributed by atoms with Gasteiger partial charge in [0.05, 0.1) is 0 Å². The van der Waals surface area contributed by atoms with Crippen LogP contribution in [0.2, 0.25) is 0 Å². The third-order valence-electron chi connectivity index (χ3n) is 1.74. The molecule has 13 heavy (non-hydrogen) atoms. The zero-order valence-electron chi connectivity index (χ0n) is 8.21. The normalized spacial score (nSPS) is 12.2. The fourth-order valence-corrected chi connectivity index (χ4v) is 1.09. The molecule has 0 spiro atoms. The standard InChI is InChI=1S/C9H17NO3/c1-3-8(13-7(2)11)5-4-6-9(10)12/h8H,3-6H2,1-2H3,(H2,10,12). The van der Waals surface area contributed by atoms with Crippen LogP contribution >= 0.6 is 0 Å². The molecule has 1 unspecified atom stereocenters. The first-order valence-corrected chi connectivity index (χ1v) is 4.51. The number of carbonyl (C=O) groups excluding carboxylic acids is 2. The summed E-state index contributed by atoms with van der Waals surface area (Å²) in [5.74, 6) is -0.580. The molecule has 0 aromatic heterocycles. The molecular formula is C9H17NO3. The summed E-state index contributed by atoms with van der Waals surface area (Å²) in [6.07, 6.45) is 2.45. The summed E-state index contributed by atoms with van der Waals surface area (Å²) in [4.78, 5) is 21.0. The second-order valence-electron chi connectivity index (χ2n) is 3.00. The van der Waals surface area contributed by atoms with Crippen LogP contribution in [0.15, 0.2) is 0 Å². The molecule has 0 radical (unpaired) electrons. The smallest absolute Gasteiger partial charge is 0.302 e. The van der Waals surface area contributed by atoms with Crippen LogP contribution in [-0.4, -0.2) is 18.0 Å². The van der Waals surface area contributed by atoms with Gasteiger partial charge in [-0.3, -0.25) is 9.59 Å². The summed E-state index contributed by atoms with van der Waals surface area (Å²) in [6.45, 7) is 3.33. The quantitative estimate of drug-likeness (QED) is 0.630. The van der Waals surface area contributed by atoms with E-state index in [0.29, 0.717) is 19.3 Å². The monoisotopic (exact) mass is 187 g/mol. The number of esters is 1. The van der Waals surface area contributed by atoms with Crippen LogP contribution in [0.25, 0.3) is 0 Å². The van der Waals surface area contributed by atoms with E-state index in [1.54, 1.807) is 0 Å². The zero-order chi connectivity index (χ0) is 10.3. The van der Waals surface area contributed by atoms with Crippen LogP contribution in [0.3, 0.4) is 0 Å². The van der Waals surface area contributed by atoms with Gasteiger partial charge < -0.3 is 10.5 Å². The number of rotatable bonds is 6. The highest BCUT2D eigenvalue weighted by molar-refractivity contribution is 5.73. The van der Waals surface area contributed by atoms with Gasteiger partial charge in [0.2, 0.25) is 5.91 Å². The highest BCUT2D eigenvalue weighted by Gasteiger charge is 2.09. The van der Waals surface area contributed by atoms with Crippen molar-refractivity contribution in [2.45, 2.75) is 45.6 Å². The van der Waals surface area contributed by atoms with E-state index in [2.05, 4.69) is 0 Å². The molecule has 76 valence electrons. The predicted molar refractivity (Wildman–Crippen MR) is 48.9 cm³/mol. The van der Waals surface area contributed by atoms with Gasteiger partial charge in [-0.25, -0.2) is 0 Å². The number of nitrogens with two attached hydrogens (primary N) is 1. The van der Waals surface area contributed by atoms with E-state index in [9.17, 15) is 9.59 Å². The fourth-order valence-electron chi connectivity index (χ4n) is 1.09. The largest absolute Gasteiger partial charge is 0.463 e. The second-order valence-corrected chi connectivity index (χ2v) is 3.00. The fraction of sp³-hybridized carbons (Fsp3) is 0.778. The van der Waals surface area contributed by atoms with Crippen LogP contribution < -0.4 is 5.73 Å². The van der Waals surface area contributed by atoms with Crippen molar-refractivity contribution >= 4 is 11.9 Å². The number of hydrogen-bond donors (Lipinski definition) is 1. The van der Waals surface area contributed by atoms with Crippen molar-refractivity contribution in [1.82, 2.24) is 0 Å². The molecular weight excluding hydrogens is 170 g/mol. The molecule has 2 N–H and O–H groups in total.